The first-order valence-electron chi connectivity index (χ1n) is 3.77. The van der Waals surface area contributed by atoms with E-state index in [9.17, 15) is 9.59 Å². The number of aryl methyl sites for hydroxylation is 1. The van der Waals surface area contributed by atoms with Gasteiger partial charge >= 0.3 is 5.97 Å². The molecule has 6 nitrogen and oxygen atoms in total. The average Bonchev–Trinajstić information content (AvgIpc) is 2.59. The van der Waals surface area contributed by atoms with Gasteiger partial charge in [-0.25, -0.2) is 9.78 Å². The van der Waals surface area contributed by atoms with Crippen molar-refractivity contribution < 1.29 is 14.3 Å². The van der Waals surface area contributed by atoms with Crippen molar-refractivity contribution in [3.63, 3.8) is 0 Å². The fourth-order valence-corrected chi connectivity index (χ4v) is 1.22. The highest BCUT2D eigenvalue weighted by molar-refractivity contribution is 5.99. The summed E-state index contributed by atoms with van der Waals surface area (Å²) in [6.07, 6.45) is 2.26. The van der Waals surface area contributed by atoms with Crippen LogP contribution in [0.3, 0.4) is 0 Å². The molecule has 6 heteroatoms. The number of hydrogen-bond donors (Lipinski definition) is 1. The average molecular weight is 194 g/mol. The summed E-state index contributed by atoms with van der Waals surface area (Å²) in [5, 5.41) is 8.81. The molecule has 0 bridgehead atoms. The predicted octanol–water partition coefficient (Wildman–Crippen LogP) is 0.225. The van der Waals surface area contributed by atoms with Crippen LogP contribution in [0.5, 0.6) is 0 Å². The number of pyridine rings is 1. The minimum Gasteiger partial charge on any atom is -0.477 e. The third-order valence-electron chi connectivity index (χ3n) is 1.89. The van der Waals surface area contributed by atoms with Crippen LogP contribution in [0.2, 0.25) is 0 Å². The van der Waals surface area contributed by atoms with Crippen LogP contribution in [0, 0.1) is 0 Å². The molecule has 0 fully saturated rings. The van der Waals surface area contributed by atoms with Crippen LogP contribution in [0.1, 0.15) is 10.4 Å². The molecule has 0 aliphatic heterocycles. The molecule has 2 rings (SSSR count). The first kappa shape index (κ1) is 8.49. The van der Waals surface area contributed by atoms with Crippen molar-refractivity contribution in [2.24, 2.45) is 7.05 Å². The maximum atomic E-state index is 11.4. The van der Waals surface area contributed by atoms with Gasteiger partial charge < -0.3 is 14.1 Å². The minimum absolute atomic E-state index is 0.0144. The van der Waals surface area contributed by atoms with Gasteiger partial charge in [-0.05, 0) is 0 Å². The molecule has 1 N–H and O–H groups in total. The third-order valence-corrected chi connectivity index (χ3v) is 1.89. The molecule has 0 unspecified atom stereocenters. The Balaban J connectivity index is 2.99. The standard InChI is InChI=1S/C8H6N2O4/c1-10-2-4(8(12)13)6-5(7(10)11)9-3-14-6/h2-3H,1H3,(H,12,13). The zero-order chi connectivity index (χ0) is 10.3. The Morgan fingerprint density at radius 3 is 3.00 bits per heavy atom. The second-order valence-electron chi connectivity index (χ2n) is 2.79. The fraction of sp³-hybridized carbons (Fsp3) is 0.125. The van der Waals surface area contributed by atoms with E-state index >= 15 is 0 Å². The van der Waals surface area contributed by atoms with Crippen LogP contribution < -0.4 is 5.56 Å². The number of carboxylic acid groups (broad SMARTS) is 1. The number of rotatable bonds is 1. The molecule has 72 valence electrons. The second-order valence-corrected chi connectivity index (χ2v) is 2.79. The largest absolute Gasteiger partial charge is 0.477 e. The van der Waals surface area contributed by atoms with E-state index < -0.39 is 5.97 Å². The first-order chi connectivity index (χ1) is 6.61. The van der Waals surface area contributed by atoms with Gasteiger partial charge in [0.05, 0.1) is 0 Å². The van der Waals surface area contributed by atoms with Crippen molar-refractivity contribution in [1.82, 2.24) is 9.55 Å². The molecule has 0 amide bonds. The van der Waals surface area contributed by atoms with Crippen LogP contribution >= 0.6 is 0 Å². The van der Waals surface area contributed by atoms with Crippen LogP contribution in [0.25, 0.3) is 11.1 Å². The van der Waals surface area contributed by atoms with E-state index in [-0.39, 0.29) is 22.2 Å². The summed E-state index contributed by atoms with van der Waals surface area (Å²) in [5.41, 5.74) is -0.397. The Bertz CT molecular complexity index is 566. The molecule has 0 atom stereocenters. The molecule has 0 aliphatic carbocycles. The zero-order valence-corrected chi connectivity index (χ0v) is 7.22. The molecule has 2 aromatic heterocycles. The summed E-state index contributed by atoms with van der Waals surface area (Å²) in [4.78, 5) is 25.8. The van der Waals surface area contributed by atoms with E-state index in [2.05, 4.69) is 4.98 Å². The van der Waals surface area contributed by atoms with Gasteiger partial charge in [-0.15, -0.1) is 0 Å². The number of nitrogens with zero attached hydrogens (tertiary/aromatic N) is 2. The van der Waals surface area contributed by atoms with Crippen molar-refractivity contribution >= 4 is 17.1 Å². The smallest absolute Gasteiger partial charge is 0.341 e. The van der Waals surface area contributed by atoms with E-state index in [1.165, 1.54) is 13.2 Å². The molecule has 14 heavy (non-hydrogen) atoms. The zero-order valence-electron chi connectivity index (χ0n) is 7.22. The molecule has 0 saturated carbocycles. The lowest BCUT2D eigenvalue weighted by molar-refractivity contribution is 0.0697. The van der Waals surface area contributed by atoms with Crippen molar-refractivity contribution in [2.75, 3.05) is 0 Å². The van der Waals surface area contributed by atoms with Crippen LogP contribution in [0.4, 0.5) is 0 Å². The molecular weight excluding hydrogens is 188 g/mol. The summed E-state index contributed by atoms with van der Waals surface area (Å²) in [7, 11) is 1.46. The highest BCUT2D eigenvalue weighted by Gasteiger charge is 2.16. The molecule has 0 spiro atoms. The number of aromatic carboxylic acids is 1. The van der Waals surface area contributed by atoms with Crippen molar-refractivity contribution in [3.05, 3.63) is 28.5 Å². The predicted molar refractivity (Wildman–Crippen MR) is 46.2 cm³/mol. The molecule has 0 radical (unpaired) electrons. The van der Waals surface area contributed by atoms with Crippen LogP contribution in [-0.2, 0) is 7.05 Å². The number of carbonyl (C=O) groups is 1. The van der Waals surface area contributed by atoms with Gasteiger partial charge in [-0.1, -0.05) is 0 Å². The van der Waals surface area contributed by atoms with Gasteiger partial charge in [-0.3, -0.25) is 4.79 Å². The summed E-state index contributed by atoms with van der Waals surface area (Å²) < 4.78 is 6.00. The number of aromatic nitrogens is 2. The first-order valence-corrected chi connectivity index (χ1v) is 3.77. The lowest BCUT2D eigenvalue weighted by Gasteiger charge is -1.99. The van der Waals surface area contributed by atoms with E-state index in [4.69, 9.17) is 9.52 Å². The quantitative estimate of drug-likeness (QED) is 0.702. The Morgan fingerprint density at radius 2 is 2.36 bits per heavy atom. The van der Waals surface area contributed by atoms with Gasteiger partial charge in [0.15, 0.2) is 17.5 Å². The topological polar surface area (TPSA) is 85.3 Å². The minimum atomic E-state index is -1.15. The lowest BCUT2D eigenvalue weighted by atomic mass is 10.2. The SMILES string of the molecule is Cn1cc(C(=O)O)c2ocnc2c1=O. The molecular formula is C8H6N2O4. The number of carboxylic acids is 1. The second kappa shape index (κ2) is 2.69. The van der Waals surface area contributed by atoms with Gasteiger partial charge in [0, 0.05) is 13.2 Å². The Hall–Kier alpha value is -2.11. The fourth-order valence-electron chi connectivity index (χ4n) is 1.22. The van der Waals surface area contributed by atoms with Gasteiger partial charge in [0.25, 0.3) is 5.56 Å². The number of hydrogen-bond acceptors (Lipinski definition) is 4. The Labute approximate surface area is 77.4 Å². The Kier molecular flexibility index (Phi) is 1.63. The summed E-state index contributed by atoms with van der Waals surface area (Å²) in [5.74, 6) is -1.15. The lowest BCUT2D eigenvalue weighted by Crippen LogP contribution is -2.18. The normalized spacial score (nSPS) is 10.6. The monoisotopic (exact) mass is 194 g/mol. The maximum Gasteiger partial charge on any atom is 0.341 e. The molecule has 0 aromatic carbocycles. The summed E-state index contributed by atoms with van der Waals surface area (Å²) in [6, 6.07) is 0. The highest BCUT2D eigenvalue weighted by atomic mass is 16.4. The maximum absolute atomic E-state index is 11.4. The highest BCUT2D eigenvalue weighted by Crippen LogP contribution is 2.13. The summed E-state index contributed by atoms with van der Waals surface area (Å²) in [6.45, 7) is 0. The Morgan fingerprint density at radius 1 is 1.64 bits per heavy atom. The van der Waals surface area contributed by atoms with Crippen LogP contribution in [-0.4, -0.2) is 20.6 Å². The van der Waals surface area contributed by atoms with E-state index in [1.54, 1.807) is 0 Å². The van der Waals surface area contributed by atoms with Crippen molar-refractivity contribution in [2.45, 2.75) is 0 Å². The van der Waals surface area contributed by atoms with Crippen LogP contribution in [0.15, 0.2) is 21.8 Å². The molecule has 2 heterocycles. The van der Waals surface area contributed by atoms with Gasteiger partial charge in [-0.2, -0.15) is 0 Å². The van der Waals surface area contributed by atoms with Gasteiger partial charge in [0.1, 0.15) is 5.56 Å². The third kappa shape index (κ3) is 1.00. The molecule has 2 aromatic rings. The molecule has 0 aliphatic rings. The van der Waals surface area contributed by atoms with E-state index in [1.807, 2.05) is 0 Å². The number of oxazole rings is 1. The van der Waals surface area contributed by atoms with Crippen molar-refractivity contribution in [3.8, 4) is 0 Å². The molecule has 0 saturated heterocycles. The van der Waals surface area contributed by atoms with Crippen molar-refractivity contribution in [1.29, 1.82) is 0 Å². The van der Waals surface area contributed by atoms with Gasteiger partial charge in [0.2, 0.25) is 0 Å². The van der Waals surface area contributed by atoms with E-state index in [0.29, 0.717) is 0 Å². The summed E-state index contributed by atoms with van der Waals surface area (Å²) >= 11 is 0. The number of fused-ring (bicyclic) bond motifs is 1. The van der Waals surface area contributed by atoms with E-state index in [0.717, 1.165) is 11.0 Å².